The minimum Gasteiger partial charge on any atom is -0.495 e. The summed E-state index contributed by atoms with van der Waals surface area (Å²) < 4.78 is 9.67. The van der Waals surface area contributed by atoms with Crippen LogP contribution in [0.5, 0.6) is 5.75 Å². The van der Waals surface area contributed by atoms with E-state index in [4.69, 9.17) is 10.5 Å². The lowest BCUT2D eigenvalue weighted by atomic mass is 10.2. The van der Waals surface area contributed by atoms with Crippen molar-refractivity contribution in [1.29, 1.82) is 0 Å². The molecule has 1 aromatic carbocycles. The van der Waals surface area contributed by atoms with Crippen molar-refractivity contribution in [3.05, 3.63) is 23.8 Å². The molecule has 0 radical (unpaired) electrons. The van der Waals surface area contributed by atoms with E-state index in [-0.39, 0.29) is 0 Å². The number of anilines is 1. The van der Waals surface area contributed by atoms with E-state index < -0.39 is 5.97 Å². The highest BCUT2D eigenvalue weighted by Gasteiger charge is 1.99. The molecule has 0 spiro atoms. The number of esters is 1. The molecule has 0 saturated carbocycles. The van der Waals surface area contributed by atoms with Crippen molar-refractivity contribution in [3.63, 3.8) is 0 Å². The first-order chi connectivity index (χ1) is 7.67. The number of benzene rings is 1. The fourth-order valence-electron chi connectivity index (χ4n) is 1.10. The Morgan fingerprint density at radius 2 is 2.25 bits per heavy atom. The van der Waals surface area contributed by atoms with Crippen molar-refractivity contribution in [2.75, 3.05) is 19.5 Å². The van der Waals surface area contributed by atoms with Gasteiger partial charge in [0.2, 0.25) is 0 Å². The summed E-state index contributed by atoms with van der Waals surface area (Å²) in [6.07, 6.45) is 0. The van der Waals surface area contributed by atoms with E-state index in [9.17, 15) is 4.79 Å². The SMILES string of the molecule is CCOC(=O)C#Cc1ccc(OC)c(N)c1. The smallest absolute Gasteiger partial charge is 0.384 e. The van der Waals surface area contributed by atoms with Gasteiger partial charge in [-0.05, 0) is 25.1 Å². The van der Waals surface area contributed by atoms with Crippen LogP contribution in [0.2, 0.25) is 0 Å². The van der Waals surface area contributed by atoms with Crippen LogP contribution in [-0.2, 0) is 9.53 Å². The molecule has 1 aromatic rings. The highest BCUT2D eigenvalue weighted by atomic mass is 16.5. The van der Waals surface area contributed by atoms with Gasteiger partial charge in [-0.3, -0.25) is 0 Å². The van der Waals surface area contributed by atoms with Crippen molar-refractivity contribution in [2.24, 2.45) is 0 Å². The van der Waals surface area contributed by atoms with E-state index in [1.165, 1.54) is 7.11 Å². The highest BCUT2D eigenvalue weighted by molar-refractivity contribution is 5.89. The van der Waals surface area contributed by atoms with Crippen LogP contribution in [0.15, 0.2) is 18.2 Å². The maximum atomic E-state index is 11.0. The van der Waals surface area contributed by atoms with Crippen LogP contribution >= 0.6 is 0 Å². The first-order valence-corrected chi connectivity index (χ1v) is 4.79. The van der Waals surface area contributed by atoms with Gasteiger partial charge in [-0.2, -0.15) is 0 Å². The molecular formula is C12H13NO3. The predicted molar refractivity (Wildman–Crippen MR) is 60.9 cm³/mol. The van der Waals surface area contributed by atoms with E-state index in [1.54, 1.807) is 25.1 Å². The molecule has 16 heavy (non-hydrogen) atoms. The molecule has 0 bridgehead atoms. The second-order valence-electron chi connectivity index (χ2n) is 2.93. The van der Waals surface area contributed by atoms with Crippen LogP contribution in [0.3, 0.4) is 0 Å². The second-order valence-corrected chi connectivity index (χ2v) is 2.93. The molecule has 0 heterocycles. The molecule has 2 N–H and O–H groups in total. The van der Waals surface area contributed by atoms with Crippen LogP contribution < -0.4 is 10.5 Å². The maximum absolute atomic E-state index is 11.0. The van der Waals surface area contributed by atoms with Gasteiger partial charge in [0.15, 0.2) is 0 Å². The van der Waals surface area contributed by atoms with E-state index >= 15 is 0 Å². The molecule has 0 unspecified atom stereocenters. The number of nitrogen functional groups attached to an aromatic ring is 1. The lowest BCUT2D eigenvalue weighted by Gasteiger charge is -2.03. The van der Waals surface area contributed by atoms with E-state index in [0.29, 0.717) is 23.6 Å². The van der Waals surface area contributed by atoms with Gasteiger partial charge >= 0.3 is 5.97 Å². The van der Waals surface area contributed by atoms with Crippen LogP contribution in [0.4, 0.5) is 5.69 Å². The standard InChI is InChI=1S/C12H13NO3/c1-3-16-12(14)7-5-9-4-6-11(15-2)10(13)8-9/h4,6,8H,3,13H2,1-2H3. The zero-order chi connectivity index (χ0) is 12.0. The van der Waals surface area contributed by atoms with Crippen LogP contribution in [0.25, 0.3) is 0 Å². The van der Waals surface area contributed by atoms with Crippen molar-refractivity contribution < 1.29 is 14.3 Å². The van der Waals surface area contributed by atoms with Crippen molar-refractivity contribution in [3.8, 4) is 17.6 Å². The summed E-state index contributed by atoms with van der Waals surface area (Å²) in [7, 11) is 1.54. The Labute approximate surface area is 94.3 Å². The first-order valence-electron chi connectivity index (χ1n) is 4.79. The van der Waals surface area contributed by atoms with E-state index in [0.717, 1.165) is 0 Å². The number of hydrogen-bond acceptors (Lipinski definition) is 4. The van der Waals surface area contributed by atoms with Crippen LogP contribution in [0, 0.1) is 11.8 Å². The fraction of sp³-hybridized carbons (Fsp3) is 0.250. The Hall–Kier alpha value is -2.15. The zero-order valence-electron chi connectivity index (χ0n) is 9.24. The van der Waals surface area contributed by atoms with E-state index in [2.05, 4.69) is 16.6 Å². The third-order valence-corrected chi connectivity index (χ3v) is 1.81. The number of methoxy groups -OCH3 is 1. The number of rotatable bonds is 2. The Balaban J connectivity index is 2.82. The molecule has 0 amide bonds. The van der Waals surface area contributed by atoms with Crippen molar-refractivity contribution in [2.45, 2.75) is 6.92 Å². The lowest BCUT2D eigenvalue weighted by Crippen LogP contribution is -1.99. The van der Waals surface area contributed by atoms with Gasteiger partial charge in [0.1, 0.15) is 5.75 Å². The molecule has 0 aromatic heterocycles. The molecule has 0 aliphatic carbocycles. The third kappa shape index (κ3) is 3.21. The summed E-state index contributed by atoms with van der Waals surface area (Å²) in [5, 5.41) is 0. The largest absolute Gasteiger partial charge is 0.495 e. The Morgan fingerprint density at radius 1 is 1.50 bits per heavy atom. The van der Waals surface area contributed by atoms with Crippen LogP contribution in [0.1, 0.15) is 12.5 Å². The summed E-state index contributed by atoms with van der Waals surface area (Å²) in [6, 6.07) is 5.07. The van der Waals surface area contributed by atoms with Gasteiger partial charge in [0.05, 0.1) is 19.4 Å². The van der Waals surface area contributed by atoms with Gasteiger partial charge in [-0.15, -0.1) is 0 Å². The molecule has 1 rings (SSSR count). The molecule has 4 heteroatoms. The van der Waals surface area contributed by atoms with Crippen molar-refractivity contribution >= 4 is 11.7 Å². The first kappa shape index (κ1) is 11.9. The third-order valence-electron chi connectivity index (χ3n) is 1.81. The minimum absolute atomic E-state index is 0.318. The number of carbonyl (C=O) groups excluding carboxylic acids is 1. The average Bonchev–Trinajstić information content (AvgIpc) is 2.27. The lowest BCUT2D eigenvalue weighted by molar-refractivity contribution is -0.136. The molecule has 0 aliphatic heterocycles. The summed E-state index contributed by atoms with van der Waals surface area (Å²) in [5.74, 6) is 5.06. The van der Waals surface area contributed by atoms with Gasteiger partial charge in [0.25, 0.3) is 0 Å². The monoisotopic (exact) mass is 219 g/mol. The van der Waals surface area contributed by atoms with Crippen molar-refractivity contribution in [1.82, 2.24) is 0 Å². The van der Waals surface area contributed by atoms with Gasteiger partial charge in [0, 0.05) is 11.5 Å². The second kappa shape index (κ2) is 5.66. The summed E-state index contributed by atoms with van der Waals surface area (Å²) >= 11 is 0. The molecule has 0 atom stereocenters. The number of carbonyl (C=O) groups is 1. The maximum Gasteiger partial charge on any atom is 0.384 e. The zero-order valence-corrected chi connectivity index (χ0v) is 9.24. The Kier molecular flexibility index (Phi) is 4.22. The minimum atomic E-state index is -0.545. The van der Waals surface area contributed by atoms with Gasteiger partial charge in [-0.1, -0.05) is 5.92 Å². The molecule has 0 aliphatic rings. The molecule has 0 saturated heterocycles. The molecule has 84 valence electrons. The van der Waals surface area contributed by atoms with Crippen LogP contribution in [-0.4, -0.2) is 19.7 Å². The average molecular weight is 219 g/mol. The molecule has 4 nitrogen and oxygen atoms in total. The summed E-state index contributed by atoms with van der Waals surface area (Å²) in [5.41, 5.74) is 6.82. The topological polar surface area (TPSA) is 61.5 Å². The predicted octanol–water partition coefficient (Wildman–Crippen LogP) is 1.19. The van der Waals surface area contributed by atoms with Gasteiger partial charge < -0.3 is 15.2 Å². The summed E-state index contributed by atoms with van der Waals surface area (Å²) in [4.78, 5) is 11.0. The summed E-state index contributed by atoms with van der Waals surface area (Å²) in [6.45, 7) is 2.04. The number of hydrogen-bond donors (Lipinski definition) is 1. The molecule has 0 fully saturated rings. The normalized spacial score (nSPS) is 8.88. The molecular weight excluding hydrogens is 206 g/mol. The van der Waals surface area contributed by atoms with E-state index in [1.807, 2.05) is 0 Å². The highest BCUT2D eigenvalue weighted by Crippen LogP contribution is 2.21. The number of nitrogens with two attached hydrogens (primary N) is 1. The fourth-order valence-corrected chi connectivity index (χ4v) is 1.10. The Bertz CT molecular complexity index is 443. The van der Waals surface area contributed by atoms with Gasteiger partial charge in [-0.25, -0.2) is 4.79 Å². The number of ether oxygens (including phenoxy) is 2. The Morgan fingerprint density at radius 3 is 2.81 bits per heavy atom. The quantitative estimate of drug-likeness (QED) is 0.461.